The zero-order valence-corrected chi connectivity index (χ0v) is 19.4. The van der Waals surface area contributed by atoms with Gasteiger partial charge in [0.2, 0.25) is 0 Å². The number of benzene rings is 2. The van der Waals surface area contributed by atoms with Gasteiger partial charge in [-0.25, -0.2) is 0 Å². The third kappa shape index (κ3) is 17.1. The van der Waals surface area contributed by atoms with Gasteiger partial charge in [0.1, 0.15) is 11.6 Å². The average molecular weight is 492 g/mol. The fourth-order valence-corrected chi connectivity index (χ4v) is 2.23. The lowest BCUT2D eigenvalue weighted by molar-refractivity contribution is -0.134. The van der Waals surface area contributed by atoms with Crippen molar-refractivity contribution < 1.29 is 35.5 Å². The number of carbonyl (C=O) groups excluding carboxylic acids is 1. The minimum atomic E-state index is -3.67. The van der Waals surface area contributed by atoms with Gasteiger partial charge in [0.05, 0.1) is 12.5 Å². The molecule has 0 aromatic heterocycles. The molecule has 0 aliphatic rings. The van der Waals surface area contributed by atoms with Crippen molar-refractivity contribution in [1.29, 1.82) is 5.41 Å². The van der Waals surface area contributed by atoms with Crippen LogP contribution in [0.2, 0.25) is 0 Å². The topological polar surface area (TPSA) is 211 Å². The van der Waals surface area contributed by atoms with E-state index in [1.165, 1.54) is 0 Å². The summed E-state index contributed by atoms with van der Waals surface area (Å²) in [5, 5.41) is 9.34. The highest BCUT2D eigenvalue weighted by Gasteiger charge is 2.06. The van der Waals surface area contributed by atoms with Crippen molar-refractivity contribution in [3.05, 3.63) is 42.0 Å². The molecule has 0 heterocycles. The van der Waals surface area contributed by atoms with E-state index >= 15 is 0 Å². The van der Waals surface area contributed by atoms with E-state index in [-0.39, 0.29) is 11.8 Å². The van der Waals surface area contributed by atoms with Gasteiger partial charge in [-0.15, -0.1) is 0 Å². The number of nitrogen functional groups attached to an aromatic ring is 1. The molecule has 0 amide bonds. The number of rotatable bonds is 7. The van der Waals surface area contributed by atoms with E-state index in [4.69, 9.17) is 30.7 Å². The Kier molecular flexibility index (Phi) is 12.6. The highest BCUT2D eigenvalue weighted by atomic mass is 32.2. The van der Waals surface area contributed by atoms with Gasteiger partial charge in [0, 0.05) is 12.0 Å². The van der Waals surface area contributed by atoms with Crippen LogP contribution in [0.4, 0.5) is 0 Å². The molecule has 7 N–H and O–H groups in total. The van der Waals surface area contributed by atoms with Gasteiger partial charge in [-0.1, -0.05) is 24.6 Å². The van der Waals surface area contributed by atoms with E-state index in [9.17, 15) is 21.6 Å². The average Bonchev–Trinajstić information content (AvgIpc) is 2.62. The normalized spacial score (nSPS) is 10.9. The SMILES string of the molecule is CS(=O)(=O)O.CS(=O)(=O)O.N=C(N)c1ccc2cc(OC(=O)CCCCCN)ccc2c1. The standard InChI is InChI=1S/C17H21N3O2.2CH4O3S/c18-9-3-1-2-4-16(21)22-15-8-7-12-10-14(17(19)20)6-5-13(12)11-15;2*1-5(2,3)4/h5-8,10-11H,1-4,9,18H2,(H3,19,20);2*1H3,(H,2,3,4). The quantitative estimate of drug-likeness (QED) is 0.0941. The van der Waals surface area contributed by atoms with E-state index in [0.717, 1.165) is 30.0 Å². The molecule has 2 rings (SSSR count). The number of unbranched alkanes of at least 4 members (excludes halogenated alkanes) is 2. The Hall–Kier alpha value is -2.58. The molecule has 0 spiro atoms. The van der Waals surface area contributed by atoms with Crippen LogP contribution in [0.3, 0.4) is 0 Å². The van der Waals surface area contributed by atoms with Gasteiger partial charge in [-0.05, 0) is 48.4 Å². The van der Waals surface area contributed by atoms with Crippen LogP contribution in [0, 0.1) is 5.41 Å². The summed E-state index contributed by atoms with van der Waals surface area (Å²) in [7, 11) is -7.33. The summed E-state index contributed by atoms with van der Waals surface area (Å²) in [4.78, 5) is 11.8. The smallest absolute Gasteiger partial charge is 0.311 e. The van der Waals surface area contributed by atoms with E-state index in [2.05, 4.69) is 0 Å². The monoisotopic (exact) mass is 491 g/mol. The minimum Gasteiger partial charge on any atom is -0.427 e. The third-order valence-corrected chi connectivity index (χ3v) is 3.44. The summed E-state index contributed by atoms with van der Waals surface area (Å²) in [6, 6.07) is 10.9. The van der Waals surface area contributed by atoms with Gasteiger partial charge in [0.25, 0.3) is 20.2 Å². The zero-order chi connectivity index (χ0) is 24.9. The molecule has 2 aromatic carbocycles. The Morgan fingerprint density at radius 2 is 1.44 bits per heavy atom. The van der Waals surface area contributed by atoms with Crippen LogP contribution < -0.4 is 16.2 Å². The Morgan fingerprint density at radius 3 is 1.94 bits per heavy atom. The minimum absolute atomic E-state index is 0.0369. The van der Waals surface area contributed by atoms with Gasteiger partial charge in [0.15, 0.2) is 0 Å². The number of ether oxygens (including phenoxy) is 1. The van der Waals surface area contributed by atoms with Crippen LogP contribution in [0.15, 0.2) is 36.4 Å². The summed E-state index contributed by atoms with van der Waals surface area (Å²) < 4.78 is 57.1. The van der Waals surface area contributed by atoms with Crippen molar-refractivity contribution in [2.75, 3.05) is 19.1 Å². The van der Waals surface area contributed by atoms with Crippen molar-refractivity contribution in [3.63, 3.8) is 0 Å². The lowest BCUT2D eigenvalue weighted by Gasteiger charge is -2.07. The number of hydrogen-bond donors (Lipinski definition) is 5. The number of hydrogen-bond acceptors (Lipinski definition) is 8. The number of nitrogens with two attached hydrogens (primary N) is 2. The Labute approximate surface area is 187 Å². The van der Waals surface area contributed by atoms with Crippen LogP contribution in [0.1, 0.15) is 31.2 Å². The van der Waals surface area contributed by atoms with Crippen molar-refractivity contribution in [2.24, 2.45) is 11.5 Å². The molecule has 0 saturated carbocycles. The second-order valence-electron chi connectivity index (χ2n) is 6.68. The van der Waals surface area contributed by atoms with Crippen molar-refractivity contribution in [1.82, 2.24) is 0 Å². The number of esters is 1. The summed E-state index contributed by atoms with van der Waals surface area (Å²) >= 11 is 0. The van der Waals surface area contributed by atoms with E-state index in [1.807, 2.05) is 24.3 Å². The first-order valence-electron chi connectivity index (χ1n) is 9.24. The fourth-order valence-electron chi connectivity index (χ4n) is 2.23. The van der Waals surface area contributed by atoms with Crippen LogP contribution >= 0.6 is 0 Å². The van der Waals surface area contributed by atoms with Gasteiger partial charge >= 0.3 is 5.97 Å². The van der Waals surface area contributed by atoms with Gasteiger partial charge in [-0.2, -0.15) is 16.8 Å². The number of amidine groups is 1. The summed E-state index contributed by atoms with van der Waals surface area (Å²) in [5.74, 6) is 0.346. The highest BCUT2D eigenvalue weighted by molar-refractivity contribution is 7.85. The number of carbonyl (C=O) groups is 1. The van der Waals surface area contributed by atoms with Crippen molar-refractivity contribution in [2.45, 2.75) is 25.7 Å². The number of nitrogens with one attached hydrogen (secondary N) is 1. The molecule has 0 fully saturated rings. The summed E-state index contributed by atoms with van der Waals surface area (Å²) in [6.07, 6.45) is 4.51. The van der Waals surface area contributed by atoms with Gasteiger partial charge in [-0.3, -0.25) is 19.3 Å². The molecule has 0 unspecified atom stereocenters. The maximum Gasteiger partial charge on any atom is 0.311 e. The van der Waals surface area contributed by atoms with Crippen molar-refractivity contribution >= 4 is 42.8 Å². The molecular weight excluding hydrogens is 462 g/mol. The van der Waals surface area contributed by atoms with Crippen LogP contribution in [-0.2, 0) is 25.0 Å². The molecule has 0 bridgehead atoms. The molecule has 11 nitrogen and oxygen atoms in total. The van der Waals surface area contributed by atoms with E-state index in [1.54, 1.807) is 12.1 Å². The van der Waals surface area contributed by atoms with Crippen LogP contribution in [-0.4, -0.2) is 56.8 Å². The summed E-state index contributed by atoms with van der Waals surface area (Å²) in [5.41, 5.74) is 11.6. The lowest BCUT2D eigenvalue weighted by atomic mass is 10.1. The predicted molar refractivity (Wildman–Crippen MR) is 123 cm³/mol. The van der Waals surface area contributed by atoms with Crippen LogP contribution in [0.25, 0.3) is 10.8 Å². The molecule has 180 valence electrons. The molecule has 0 aliphatic carbocycles. The Morgan fingerprint density at radius 1 is 0.938 bits per heavy atom. The fraction of sp³-hybridized carbons (Fsp3) is 0.368. The first kappa shape index (κ1) is 29.4. The highest BCUT2D eigenvalue weighted by Crippen LogP contribution is 2.22. The first-order chi connectivity index (χ1) is 14.6. The molecular formula is C19H29N3O8S2. The van der Waals surface area contributed by atoms with E-state index < -0.39 is 20.2 Å². The third-order valence-electron chi connectivity index (χ3n) is 3.44. The molecule has 32 heavy (non-hydrogen) atoms. The zero-order valence-electron chi connectivity index (χ0n) is 17.8. The predicted octanol–water partition coefficient (Wildman–Crippen LogP) is 1.56. The second kappa shape index (κ2) is 13.8. The maximum absolute atomic E-state index is 11.8. The Balaban J connectivity index is 0.000000805. The first-order valence-corrected chi connectivity index (χ1v) is 12.9. The molecule has 13 heteroatoms. The lowest BCUT2D eigenvalue weighted by Crippen LogP contribution is -2.10. The van der Waals surface area contributed by atoms with Crippen LogP contribution in [0.5, 0.6) is 5.75 Å². The summed E-state index contributed by atoms with van der Waals surface area (Å²) in [6.45, 7) is 0.655. The van der Waals surface area contributed by atoms with Crippen molar-refractivity contribution in [3.8, 4) is 5.75 Å². The Bertz CT molecular complexity index is 1070. The molecule has 2 aromatic rings. The molecule has 0 aliphatic heterocycles. The number of fused-ring (bicyclic) bond motifs is 1. The maximum atomic E-state index is 11.8. The largest absolute Gasteiger partial charge is 0.427 e. The second-order valence-corrected chi connectivity index (χ2v) is 9.61. The van der Waals surface area contributed by atoms with E-state index in [0.29, 0.717) is 36.8 Å². The molecule has 0 radical (unpaired) electrons. The molecule has 0 atom stereocenters. The molecule has 0 saturated heterocycles. The van der Waals surface area contributed by atoms with Gasteiger partial charge < -0.3 is 16.2 Å².